The minimum absolute atomic E-state index is 0.0724. The van der Waals surface area contributed by atoms with Gasteiger partial charge in [-0.2, -0.15) is 13.2 Å². The van der Waals surface area contributed by atoms with Crippen LogP contribution in [0.3, 0.4) is 0 Å². The van der Waals surface area contributed by atoms with Gasteiger partial charge in [0.2, 0.25) is 0 Å². The van der Waals surface area contributed by atoms with Gasteiger partial charge in [0.05, 0.1) is 17.0 Å². The lowest BCUT2D eigenvalue weighted by atomic mass is 9.91. The number of carbonyl (C=O) groups excluding carboxylic acids is 1. The molecule has 5 nitrogen and oxygen atoms in total. The average Bonchev–Trinajstić information content (AvgIpc) is 3.31. The lowest BCUT2D eigenvalue weighted by Gasteiger charge is -2.30. The molecule has 1 heterocycles. The second kappa shape index (κ2) is 11.9. The van der Waals surface area contributed by atoms with Crippen LogP contribution in [-0.2, 0) is 6.18 Å². The van der Waals surface area contributed by atoms with E-state index in [0.29, 0.717) is 10.7 Å². The molecule has 4 N–H and O–H groups in total. The highest BCUT2D eigenvalue weighted by atomic mass is 32.2. The largest absolute Gasteiger partial charge is 0.416 e. The predicted molar refractivity (Wildman–Crippen MR) is 152 cm³/mol. The molecule has 0 saturated carbocycles. The molecule has 204 valence electrons. The fourth-order valence-electron chi connectivity index (χ4n) is 4.13. The summed E-state index contributed by atoms with van der Waals surface area (Å²) in [4.78, 5) is 19.4. The fraction of sp³-hybridized carbons (Fsp3) is 0.357. The number of hydrogen-bond acceptors (Lipinski definition) is 5. The van der Waals surface area contributed by atoms with Crippen LogP contribution in [0.15, 0.2) is 58.4 Å². The molecule has 0 aliphatic rings. The summed E-state index contributed by atoms with van der Waals surface area (Å²) in [6.07, 6.45) is -4.36. The van der Waals surface area contributed by atoms with E-state index in [2.05, 4.69) is 48.6 Å². The summed E-state index contributed by atoms with van der Waals surface area (Å²) >= 11 is 3.18. The van der Waals surface area contributed by atoms with Crippen LogP contribution in [0.4, 0.5) is 13.2 Å². The van der Waals surface area contributed by atoms with Gasteiger partial charge in [-0.3, -0.25) is 9.79 Å². The number of hydrogen-bond donors (Lipinski definition) is 3. The Bertz CT molecular complexity index is 1290. The van der Waals surface area contributed by atoms with E-state index in [1.807, 2.05) is 26.0 Å². The Balaban J connectivity index is 1.85. The molecule has 3 aromatic rings. The highest BCUT2D eigenvalue weighted by Crippen LogP contribution is 2.50. The van der Waals surface area contributed by atoms with Crippen LogP contribution in [0.2, 0.25) is 0 Å². The lowest BCUT2D eigenvalue weighted by Crippen LogP contribution is -2.40. The predicted octanol–water partition coefficient (Wildman–Crippen LogP) is 7.15. The normalized spacial score (nSPS) is 13.4. The van der Waals surface area contributed by atoms with Gasteiger partial charge in [0.15, 0.2) is 0 Å². The second-order valence-corrected chi connectivity index (χ2v) is 12.4. The van der Waals surface area contributed by atoms with Crippen molar-refractivity contribution in [3.8, 4) is 11.1 Å². The number of hydrazine groups is 1. The first-order chi connectivity index (χ1) is 17.7. The fourth-order valence-corrected chi connectivity index (χ4v) is 6.88. The first-order valence-corrected chi connectivity index (χ1v) is 13.7. The maximum atomic E-state index is 13.0. The first kappa shape index (κ1) is 29.7. The number of nitrogens with zero attached hydrogens (tertiary/aromatic N) is 1. The van der Waals surface area contributed by atoms with Gasteiger partial charge in [0, 0.05) is 22.1 Å². The quantitative estimate of drug-likeness (QED) is 0.0939. The Morgan fingerprint density at radius 2 is 1.66 bits per heavy atom. The molecule has 1 amide bonds. The highest BCUT2D eigenvalue weighted by Gasteiger charge is 2.31. The molecule has 1 aromatic heterocycles. The number of amides is 1. The minimum Gasteiger partial charge on any atom is -0.344 e. The van der Waals surface area contributed by atoms with E-state index in [-0.39, 0.29) is 23.1 Å². The van der Waals surface area contributed by atoms with Gasteiger partial charge in [-0.15, -0.1) is 23.1 Å². The molecular weight excluding hydrogens is 529 g/mol. The molecule has 0 aliphatic carbocycles. The molecule has 10 heteroatoms. The van der Waals surface area contributed by atoms with E-state index in [0.717, 1.165) is 44.2 Å². The van der Waals surface area contributed by atoms with Crippen molar-refractivity contribution < 1.29 is 18.0 Å². The van der Waals surface area contributed by atoms with E-state index in [4.69, 9.17) is 5.84 Å². The number of rotatable bonds is 7. The van der Waals surface area contributed by atoms with Crippen LogP contribution in [0.5, 0.6) is 0 Å². The number of carbonyl (C=O) groups is 1. The van der Waals surface area contributed by atoms with Crippen molar-refractivity contribution >= 4 is 34.8 Å². The number of benzene rings is 2. The Labute approximate surface area is 230 Å². The molecule has 38 heavy (non-hydrogen) atoms. The molecule has 0 radical (unpaired) electrons. The van der Waals surface area contributed by atoms with Crippen LogP contribution in [0, 0.1) is 19.3 Å². The first-order valence-electron chi connectivity index (χ1n) is 12.0. The number of halogens is 3. The molecule has 0 fully saturated rings. The minimum atomic E-state index is -4.36. The molecule has 3 rings (SSSR count). The maximum Gasteiger partial charge on any atom is 0.416 e. The third-order valence-electron chi connectivity index (χ3n) is 6.01. The van der Waals surface area contributed by atoms with Crippen LogP contribution in [-0.4, -0.2) is 25.3 Å². The zero-order chi connectivity index (χ0) is 28.3. The third kappa shape index (κ3) is 7.18. The van der Waals surface area contributed by atoms with Crippen molar-refractivity contribution in [2.24, 2.45) is 16.3 Å². The second-order valence-electron chi connectivity index (χ2n) is 10.1. The number of thioether (sulfide) groups is 1. The van der Waals surface area contributed by atoms with E-state index >= 15 is 0 Å². The van der Waals surface area contributed by atoms with E-state index in [1.165, 1.54) is 23.5 Å². The number of nitrogens with two attached hydrogens (primary N) is 1. The molecule has 0 bridgehead atoms. The molecular formula is C28H33F3N4OS2. The molecule has 1 atom stereocenters. The molecule has 0 saturated heterocycles. The Morgan fingerprint density at radius 1 is 1.05 bits per heavy atom. The Kier molecular flexibility index (Phi) is 9.33. The maximum absolute atomic E-state index is 13.0. The van der Waals surface area contributed by atoms with Gasteiger partial charge in [0.25, 0.3) is 5.91 Å². The van der Waals surface area contributed by atoms with Gasteiger partial charge in [-0.05, 0) is 77.9 Å². The summed E-state index contributed by atoms with van der Waals surface area (Å²) in [5.74, 6) is 5.67. The van der Waals surface area contributed by atoms with Crippen molar-refractivity contribution in [3.63, 3.8) is 0 Å². The van der Waals surface area contributed by atoms with Crippen LogP contribution < -0.4 is 16.6 Å². The Hall–Kier alpha value is -2.82. The summed E-state index contributed by atoms with van der Waals surface area (Å²) in [5.41, 5.74) is 5.37. The van der Waals surface area contributed by atoms with Crippen LogP contribution in [0.1, 0.15) is 57.3 Å². The van der Waals surface area contributed by atoms with Crippen molar-refractivity contribution in [3.05, 3.63) is 75.0 Å². The zero-order valence-corrected chi connectivity index (χ0v) is 23.9. The Morgan fingerprint density at radius 3 is 2.16 bits per heavy atom. The van der Waals surface area contributed by atoms with E-state index in [9.17, 15) is 18.0 Å². The van der Waals surface area contributed by atoms with Gasteiger partial charge in [0.1, 0.15) is 5.84 Å². The summed E-state index contributed by atoms with van der Waals surface area (Å²) in [6.45, 7) is 10.7. The van der Waals surface area contributed by atoms with Gasteiger partial charge in [-0.25, -0.2) is 5.84 Å². The number of aliphatic imine (C=N–C) groups is 1. The molecule has 1 unspecified atom stereocenters. The molecule has 2 aromatic carbocycles. The van der Waals surface area contributed by atoms with E-state index < -0.39 is 11.7 Å². The van der Waals surface area contributed by atoms with Crippen LogP contribution in [0.25, 0.3) is 11.1 Å². The number of amidine groups is 1. The summed E-state index contributed by atoms with van der Waals surface area (Å²) < 4.78 is 39.0. The standard InChI is InChI=1S/C28H33F3N4OS2/c1-16-13-20(14-17(2)24(16)18-7-9-19(10-8-18)28(29,30)31)37-25(27(3,4)5)21-11-12-22(38-21)26(36)34-15-23(33-6)35-32/h7-14,25H,15,32H2,1-6H3,(H,33,35)(H,34,36). The number of alkyl halides is 3. The lowest BCUT2D eigenvalue weighted by molar-refractivity contribution is -0.137. The monoisotopic (exact) mass is 562 g/mol. The molecule has 0 spiro atoms. The highest BCUT2D eigenvalue weighted by molar-refractivity contribution is 7.99. The van der Waals surface area contributed by atoms with Crippen molar-refractivity contribution in [1.29, 1.82) is 0 Å². The SMILES string of the molecule is CN=C(CNC(=O)c1ccc(C(Sc2cc(C)c(-c3ccc(C(F)(F)F)cc3)c(C)c2)C(C)(C)C)s1)NN. The summed E-state index contributed by atoms with van der Waals surface area (Å²) in [6, 6.07) is 13.3. The van der Waals surface area contributed by atoms with Crippen molar-refractivity contribution in [1.82, 2.24) is 10.7 Å². The topological polar surface area (TPSA) is 79.5 Å². The van der Waals surface area contributed by atoms with Gasteiger partial charge < -0.3 is 10.7 Å². The van der Waals surface area contributed by atoms with E-state index in [1.54, 1.807) is 18.8 Å². The number of thiophene rings is 1. The molecule has 0 aliphatic heterocycles. The third-order valence-corrected chi connectivity index (χ3v) is 9.01. The summed E-state index contributed by atoms with van der Waals surface area (Å²) in [7, 11) is 1.59. The average molecular weight is 563 g/mol. The zero-order valence-electron chi connectivity index (χ0n) is 22.3. The van der Waals surface area contributed by atoms with Crippen LogP contribution >= 0.6 is 23.1 Å². The number of aryl methyl sites for hydroxylation is 2. The summed E-state index contributed by atoms with van der Waals surface area (Å²) in [5, 5.41) is 2.89. The smallest absolute Gasteiger partial charge is 0.344 e. The van der Waals surface area contributed by atoms with Crippen molar-refractivity contribution in [2.45, 2.75) is 50.9 Å². The number of nitrogens with one attached hydrogen (secondary N) is 2. The van der Waals surface area contributed by atoms with Gasteiger partial charge in [-0.1, -0.05) is 32.9 Å². The van der Waals surface area contributed by atoms with Crippen molar-refractivity contribution in [2.75, 3.05) is 13.6 Å². The van der Waals surface area contributed by atoms with Gasteiger partial charge >= 0.3 is 6.18 Å².